The van der Waals surface area contributed by atoms with Gasteiger partial charge in [0.2, 0.25) is 12.7 Å². The van der Waals surface area contributed by atoms with E-state index in [1.165, 1.54) is 5.56 Å². The van der Waals surface area contributed by atoms with Crippen LogP contribution in [0, 0.1) is 5.92 Å². The number of fused-ring (bicyclic) bond motifs is 1. The molecule has 0 radical (unpaired) electrons. The summed E-state index contributed by atoms with van der Waals surface area (Å²) in [6.45, 7) is 8.77. The molecular weight excluding hydrogens is 292 g/mol. The van der Waals surface area contributed by atoms with E-state index in [4.69, 9.17) is 9.47 Å². The van der Waals surface area contributed by atoms with Crippen molar-refractivity contribution in [2.45, 2.75) is 33.2 Å². The molecule has 23 heavy (non-hydrogen) atoms. The Morgan fingerprint density at radius 1 is 1.26 bits per heavy atom. The Labute approximate surface area is 138 Å². The van der Waals surface area contributed by atoms with Crippen molar-refractivity contribution in [2.24, 2.45) is 5.92 Å². The summed E-state index contributed by atoms with van der Waals surface area (Å²) in [5.74, 6) is 2.10. The van der Waals surface area contributed by atoms with E-state index in [0.29, 0.717) is 12.7 Å². The lowest BCUT2D eigenvalue weighted by Crippen LogP contribution is -2.44. The third-order valence-electron chi connectivity index (χ3n) is 4.77. The number of likely N-dealkylation sites (tertiary alicyclic amines) is 1. The number of benzene rings is 1. The van der Waals surface area contributed by atoms with E-state index in [9.17, 15) is 4.79 Å². The van der Waals surface area contributed by atoms with Crippen LogP contribution in [0.25, 0.3) is 0 Å². The minimum Gasteiger partial charge on any atom is -0.454 e. The fraction of sp³-hybridized carbons (Fsp3) is 0.611. The van der Waals surface area contributed by atoms with Crippen molar-refractivity contribution >= 4 is 5.91 Å². The van der Waals surface area contributed by atoms with Gasteiger partial charge < -0.3 is 14.4 Å². The van der Waals surface area contributed by atoms with Gasteiger partial charge in [0.05, 0.1) is 5.92 Å². The van der Waals surface area contributed by atoms with Crippen molar-refractivity contribution in [3.8, 4) is 11.5 Å². The number of amides is 1. The number of carbonyl (C=O) groups is 1. The van der Waals surface area contributed by atoms with E-state index in [2.05, 4.69) is 30.9 Å². The summed E-state index contributed by atoms with van der Waals surface area (Å²) < 4.78 is 10.8. The first-order valence-electron chi connectivity index (χ1n) is 8.61. The summed E-state index contributed by atoms with van der Waals surface area (Å²) in [5.41, 5.74) is 1.21. The number of ether oxygens (including phenoxy) is 2. The average Bonchev–Trinajstić information content (AvgIpc) is 3.04. The molecule has 0 bridgehead atoms. The zero-order valence-corrected chi connectivity index (χ0v) is 14.1. The Morgan fingerprint density at radius 2 is 2.04 bits per heavy atom. The highest BCUT2D eigenvalue weighted by Gasteiger charge is 2.28. The zero-order valence-electron chi connectivity index (χ0n) is 14.1. The second-order valence-electron chi connectivity index (χ2n) is 6.27. The molecule has 1 saturated heterocycles. The van der Waals surface area contributed by atoms with Crippen molar-refractivity contribution in [1.29, 1.82) is 0 Å². The van der Waals surface area contributed by atoms with Crippen LogP contribution >= 0.6 is 0 Å². The van der Waals surface area contributed by atoms with E-state index in [1.807, 2.05) is 11.0 Å². The molecule has 2 aliphatic rings. The highest BCUT2D eigenvalue weighted by Crippen LogP contribution is 2.33. The van der Waals surface area contributed by atoms with Gasteiger partial charge in [-0.15, -0.1) is 0 Å². The Kier molecular flexibility index (Phi) is 5.06. The van der Waals surface area contributed by atoms with E-state index in [-0.39, 0.29) is 5.92 Å². The lowest BCUT2D eigenvalue weighted by molar-refractivity contribution is -0.137. The third-order valence-corrected chi connectivity index (χ3v) is 4.77. The monoisotopic (exact) mass is 318 g/mol. The Balaban J connectivity index is 1.61. The van der Waals surface area contributed by atoms with Crippen LogP contribution < -0.4 is 9.47 Å². The van der Waals surface area contributed by atoms with Gasteiger partial charge >= 0.3 is 0 Å². The normalized spacial score (nSPS) is 20.5. The van der Waals surface area contributed by atoms with Crippen molar-refractivity contribution in [2.75, 3.05) is 33.0 Å². The molecular formula is C18H26N2O3. The summed E-state index contributed by atoms with van der Waals surface area (Å²) in [7, 11) is 0. The minimum absolute atomic E-state index is 0.137. The molecule has 0 spiro atoms. The van der Waals surface area contributed by atoms with Crippen molar-refractivity contribution in [3.63, 3.8) is 0 Å². The van der Waals surface area contributed by atoms with Crippen LogP contribution in [-0.2, 0) is 11.3 Å². The van der Waals surface area contributed by atoms with Gasteiger partial charge in [-0.3, -0.25) is 9.69 Å². The largest absolute Gasteiger partial charge is 0.454 e. The smallest absolute Gasteiger partial charge is 0.231 e. The molecule has 0 saturated carbocycles. The molecule has 1 atom stereocenters. The Hall–Kier alpha value is -1.75. The topological polar surface area (TPSA) is 42.0 Å². The van der Waals surface area contributed by atoms with Crippen LogP contribution in [0.1, 0.15) is 32.3 Å². The van der Waals surface area contributed by atoms with E-state index < -0.39 is 0 Å². The molecule has 0 aliphatic carbocycles. The van der Waals surface area contributed by atoms with Crippen molar-refractivity contribution < 1.29 is 14.3 Å². The fourth-order valence-electron chi connectivity index (χ4n) is 3.49. The van der Waals surface area contributed by atoms with Gasteiger partial charge in [0, 0.05) is 26.2 Å². The maximum absolute atomic E-state index is 12.6. The van der Waals surface area contributed by atoms with Gasteiger partial charge in [-0.2, -0.15) is 0 Å². The second kappa shape index (κ2) is 7.21. The number of nitrogens with zero attached hydrogens (tertiary/aromatic N) is 2. The van der Waals surface area contributed by atoms with Crippen LogP contribution in [0.2, 0.25) is 0 Å². The zero-order chi connectivity index (χ0) is 16.2. The number of hydrogen-bond acceptors (Lipinski definition) is 4. The van der Waals surface area contributed by atoms with Gasteiger partial charge in [0.25, 0.3) is 0 Å². The van der Waals surface area contributed by atoms with Crippen LogP contribution in [0.15, 0.2) is 18.2 Å². The van der Waals surface area contributed by atoms with E-state index >= 15 is 0 Å². The number of piperidine rings is 1. The molecule has 0 N–H and O–H groups in total. The van der Waals surface area contributed by atoms with Crippen LogP contribution in [0.5, 0.6) is 11.5 Å². The van der Waals surface area contributed by atoms with Crippen LogP contribution in [0.3, 0.4) is 0 Å². The average molecular weight is 318 g/mol. The number of rotatable bonds is 5. The van der Waals surface area contributed by atoms with Crippen LogP contribution in [0.4, 0.5) is 0 Å². The van der Waals surface area contributed by atoms with Gasteiger partial charge in [-0.25, -0.2) is 0 Å². The van der Waals surface area contributed by atoms with Gasteiger partial charge in [0.1, 0.15) is 0 Å². The fourth-order valence-corrected chi connectivity index (χ4v) is 3.49. The third kappa shape index (κ3) is 3.61. The molecule has 0 unspecified atom stereocenters. The molecule has 1 amide bonds. The molecule has 0 aromatic heterocycles. The Bertz CT molecular complexity index is 557. The summed E-state index contributed by atoms with van der Waals surface area (Å²) in [5, 5.41) is 0. The maximum Gasteiger partial charge on any atom is 0.231 e. The predicted octanol–water partition coefficient (Wildman–Crippen LogP) is 2.50. The predicted molar refractivity (Wildman–Crippen MR) is 88.5 cm³/mol. The lowest BCUT2D eigenvalue weighted by atomic mass is 9.96. The molecule has 5 nitrogen and oxygen atoms in total. The maximum atomic E-state index is 12.6. The standard InChI is InChI=1S/C18H26N2O3/c1-3-20(4-2)18(21)15-6-5-9-19(12-15)11-14-7-8-16-17(10-14)23-13-22-16/h7-8,10,15H,3-6,9,11-13H2,1-2H3/t15-/m0/s1. The summed E-state index contributed by atoms with van der Waals surface area (Å²) in [6.07, 6.45) is 2.09. The Morgan fingerprint density at radius 3 is 2.83 bits per heavy atom. The number of hydrogen-bond donors (Lipinski definition) is 0. The first-order valence-corrected chi connectivity index (χ1v) is 8.61. The van der Waals surface area contributed by atoms with Gasteiger partial charge in [-0.05, 0) is 50.9 Å². The molecule has 1 aromatic rings. The van der Waals surface area contributed by atoms with Gasteiger partial charge in [-0.1, -0.05) is 6.07 Å². The molecule has 5 heteroatoms. The van der Waals surface area contributed by atoms with Crippen molar-refractivity contribution in [1.82, 2.24) is 9.80 Å². The van der Waals surface area contributed by atoms with E-state index in [0.717, 1.165) is 57.1 Å². The minimum atomic E-state index is 0.137. The first-order chi connectivity index (χ1) is 11.2. The van der Waals surface area contributed by atoms with Crippen molar-refractivity contribution in [3.05, 3.63) is 23.8 Å². The lowest BCUT2D eigenvalue weighted by Gasteiger charge is -2.34. The highest BCUT2D eigenvalue weighted by molar-refractivity contribution is 5.79. The van der Waals surface area contributed by atoms with Crippen LogP contribution in [-0.4, -0.2) is 48.7 Å². The number of carbonyl (C=O) groups excluding carboxylic acids is 1. The molecule has 1 aromatic carbocycles. The van der Waals surface area contributed by atoms with Gasteiger partial charge in [0.15, 0.2) is 11.5 Å². The second-order valence-corrected chi connectivity index (χ2v) is 6.27. The SMILES string of the molecule is CCN(CC)C(=O)[C@H]1CCCN(Cc2ccc3c(c2)OCO3)C1. The highest BCUT2D eigenvalue weighted by atomic mass is 16.7. The quantitative estimate of drug-likeness (QED) is 0.836. The van der Waals surface area contributed by atoms with E-state index in [1.54, 1.807) is 0 Å². The molecule has 2 heterocycles. The molecule has 3 rings (SSSR count). The summed E-state index contributed by atoms with van der Waals surface area (Å²) in [6, 6.07) is 6.11. The molecule has 1 fully saturated rings. The first kappa shape index (κ1) is 16.1. The summed E-state index contributed by atoms with van der Waals surface area (Å²) >= 11 is 0. The molecule has 126 valence electrons. The summed E-state index contributed by atoms with van der Waals surface area (Å²) in [4.78, 5) is 16.9. The molecule has 2 aliphatic heterocycles.